The van der Waals surface area contributed by atoms with Gasteiger partial charge in [-0.05, 0) is 24.3 Å². The lowest BCUT2D eigenvalue weighted by Crippen LogP contribution is -2.43. The Morgan fingerprint density at radius 3 is 2.32 bits per heavy atom. The molecule has 0 aliphatic carbocycles. The molecule has 2 aromatic rings. The van der Waals surface area contributed by atoms with Crippen LogP contribution < -0.4 is 10.6 Å². The molecule has 0 saturated heterocycles. The van der Waals surface area contributed by atoms with Crippen LogP contribution in [0.15, 0.2) is 58.0 Å². The number of carbonyl (C=O) groups excluding carboxylic acids is 2. The Labute approximate surface area is 144 Å². The van der Waals surface area contributed by atoms with E-state index in [1.165, 1.54) is 24.5 Å². The molecule has 0 spiro atoms. The lowest BCUT2D eigenvalue weighted by Gasteiger charge is -2.16. The zero-order valence-electron chi connectivity index (χ0n) is 13.2. The summed E-state index contributed by atoms with van der Waals surface area (Å²) in [6, 6.07) is 10.8. The number of aliphatic hydroxyl groups is 1. The van der Waals surface area contributed by atoms with E-state index in [0.717, 1.165) is 0 Å². The van der Waals surface area contributed by atoms with E-state index < -0.39 is 26.9 Å². The molecule has 0 aliphatic rings. The Bertz CT molecular complexity index is 802. The second-order valence-corrected chi connectivity index (χ2v) is 7.18. The predicted molar refractivity (Wildman–Crippen MR) is 88.2 cm³/mol. The van der Waals surface area contributed by atoms with Crippen molar-refractivity contribution in [2.75, 3.05) is 19.7 Å². The van der Waals surface area contributed by atoms with Gasteiger partial charge in [0.15, 0.2) is 9.84 Å². The number of benzene rings is 1. The molecule has 0 aliphatic heterocycles. The first-order chi connectivity index (χ1) is 12.0. The molecule has 9 heteroatoms. The summed E-state index contributed by atoms with van der Waals surface area (Å²) in [4.78, 5) is 23.3. The number of furan rings is 1. The Morgan fingerprint density at radius 2 is 1.72 bits per heavy atom. The number of sulfone groups is 1. The summed E-state index contributed by atoms with van der Waals surface area (Å²) >= 11 is 0. The van der Waals surface area contributed by atoms with Crippen molar-refractivity contribution in [3.63, 3.8) is 0 Å². The van der Waals surface area contributed by atoms with Crippen molar-refractivity contribution in [2.45, 2.75) is 10.1 Å². The molecule has 3 N–H and O–H groups in total. The topological polar surface area (TPSA) is 126 Å². The highest BCUT2D eigenvalue weighted by molar-refractivity contribution is 7.91. The number of rotatable bonds is 7. The molecule has 1 aromatic heterocycles. The first-order valence-corrected chi connectivity index (χ1v) is 9.00. The third-order valence-corrected chi connectivity index (χ3v) is 5.44. The van der Waals surface area contributed by atoms with Crippen LogP contribution in [0.4, 0.5) is 0 Å². The Kier molecular flexibility index (Phi) is 6.31. The van der Waals surface area contributed by atoms with Crippen LogP contribution >= 0.6 is 0 Å². The fourth-order valence-corrected chi connectivity index (χ4v) is 3.74. The third-order valence-electron chi connectivity index (χ3n) is 3.36. The highest BCUT2D eigenvalue weighted by Gasteiger charge is 2.32. The third kappa shape index (κ3) is 4.68. The van der Waals surface area contributed by atoms with E-state index in [4.69, 9.17) is 9.52 Å². The largest absolute Gasteiger partial charge is 0.468 e. The van der Waals surface area contributed by atoms with Gasteiger partial charge in [0.05, 0.1) is 17.8 Å². The van der Waals surface area contributed by atoms with Crippen molar-refractivity contribution in [2.24, 2.45) is 0 Å². The van der Waals surface area contributed by atoms with Crippen molar-refractivity contribution < 1.29 is 27.5 Å². The first kappa shape index (κ1) is 18.7. The first-order valence-electron chi connectivity index (χ1n) is 7.46. The van der Waals surface area contributed by atoms with Crippen molar-refractivity contribution in [1.29, 1.82) is 0 Å². The Hall–Kier alpha value is -2.65. The van der Waals surface area contributed by atoms with Gasteiger partial charge in [-0.1, -0.05) is 18.2 Å². The van der Waals surface area contributed by atoms with E-state index in [0.29, 0.717) is 0 Å². The quantitative estimate of drug-likeness (QED) is 0.593. The van der Waals surface area contributed by atoms with Crippen molar-refractivity contribution in [1.82, 2.24) is 10.6 Å². The zero-order valence-corrected chi connectivity index (χ0v) is 14.0. The molecule has 0 bridgehead atoms. The summed E-state index contributed by atoms with van der Waals surface area (Å²) in [7, 11) is -3.84. The molecule has 134 valence electrons. The smallest absolute Gasteiger partial charge is 0.309 e. The second-order valence-electron chi connectivity index (χ2n) is 5.05. The molecule has 2 amide bonds. The molecule has 1 heterocycles. The van der Waals surface area contributed by atoms with Crippen LogP contribution in [0.5, 0.6) is 0 Å². The highest BCUT2D eigenvalue weighted by Crippen LogP contribution is 2.28. The minimum Gasteiger partial charge on any atom is -0.468 e. The van der Waals surface area contributed by atoms with E-state index in [9.17, 15) is 18.0 Å². The van der Waals surface area contributed by atoms with Gasteiger partial charge >= 0.3 is 11.8 Å². The lowest BCUT2D eigenvalue weighted by atomic mass is 10.3. The molecule has 0 fully saturated rings. The van der Waals surface area contributed by atoms with Gasteiger partial charge in [0.1, 0.15) is 11.0 Å². The minimum absolute atomic E-state index is 0.0732. The van der Waals surface area contributed by atoms with Gasteiger partial charge in [0, 0.05) is 13.1 Å². The van der Waals surface area contributed by atoms with Crippen LogP contribution in [-0.2, 0) is 19.4 Å². The molecule has 8 nitrogen and oxygen atoms in total. The van der Waals surface area contributed by atoms with Crippen LogP contribution in [0, 0.1) is 0 Å². The minimum atomic E-state index is -3.84. The molecule has 0 saturated carbocycles. The predicted octanol–water partition coefficient (Wildman–Crippen LogP) is 0.0193. The average Bonchev–Trinajstić information content (AvgIpc) is 3.14. The summed E-state index contributed by atoms with van der Waals surface area (Å²) in [6.45, 7) is -0.720. The standard InChI is InChI=1S/C16H18N2O6S/c19-9-8-17-15(20)16(21)18-11-14(13-7-4-10-24-13)25(22,23)12-5-2-1-3-6-12/h1-7,10,14,19H,8-9,11H2,(H,17,20)(H,18,21)/t14-/m1/s1. The summed E-state index contributed by atoms with van der Waals surface area (Å²) in [5.41, 5.74) is 0. The van der Waals surface area contributed by atoms with Crippen molar-refractivity contribution in [3.05, 3.63) is 54.5 Å². The molecular formula is C16H18N2O6S. The molecular weight excluding hydrogens is 348 g/mol. The van der Waals surface area contributed by atoms with Crippen molar-refractivity contribution >= 4 is 21.7 Å². The van der Waals surface area contributed by atoms with Gasteiger partial charge in [-0.25, -0.2) is 8.42 Å². The van der Waals surface area contributed by atoms with Crippen LogP contribution in [0.3, 0.4) is 0 Å². The van der Waals surface area contributed by atoms with Gasteiger partial charge in [-0.2, -0.15) is 0 Å². The Balaban J connectivity index is 2.18. The summed E-state index contributed by atoms with van der Waals surface area (Å²) < 4.78 is 30.9. The van der Waals surface area contributed by atoms with Crippen molar-refractivity contribution in [3.8, 4) is 0 Å². The van der Waals surface area contributed by atoms with E-state index in [1.54, 1.807) is 24.3 Å². The number of hydrogen-bond donors (Lipinski definition) is 3. The molecule has 25 heavy (non-hydrogen) atoms. The lowest BCUT2D eigenvalue weighted by molar-refractivity contribution is -0.139. The number of aliphatic hydroxyl groups excluding tert-OH is 1. The van der Waals surface area contributed by atoms with Gasteiger partial charge in [-0.3, -0.25) is 9.59 Å². The number of amides is 2. The van der Waals surface area contributed by atoms with E-state index >= 15 is 0 Å². The maximum Gasteiger partial charge on any atom is 0.309 e. The van der Waals surface area contributed by atoms with Gasteiger partial charge in [0.25, 0.3) is 0 Å². The SMILES string of the molecule is O=C(NCCO)C(=O)NC[C@H](c1ccco1)S(=O)(=O)c1ccccc1. The van der Waals surface area contributed by atoms with E-state index in [1.807, 2.05) is 0 Å². The average molecular weight is 366 g/mol. The fourth-order valence-electron chi connectivity index (χ4n) is 2.13. The highest BCUT2D eigenvalue weighted by atomic mass is 32.2. The summed E-state index contributed by atoms with van der Waals surface area (Å²) in [6.07, 6.45) is 1.33. The number of carbonyl (C=O) groups is 2. The maximum atomic E-state index is 12.8. The van der Waals surface area contributed by atoms with Crippen LogP contribution in [0.25, 0.3) is 0 Å². The normalized spacial score (nSPS) is 12.4. The fraction of sp³-hybridized carbons (Fsp3) is 0.250. The molecule has 1 atom stereocenters. The van der Waals surface area contributed by atoms with E-state index in [-0.39, 0.29) is 30.4 Å². The summed E-state index contributed by atoms with van der Waals surface area (Å²) in [5.74, 6) is -1.79. The molecule has 0 unspecified atom stereocenters. The monoisotopic (exact) mass is 366 g/mol. The maximum absolute atomic E-state index is 12.8. The molecule has 1 aromatic carbocycles. The van der Waals surface area contributed by atoms with Crippen LogP contribution in [0.2, 0.25) is 0 Å². The summed E-state index contributed by atoms with van der Waals surface area (Å²) in [5, 5.41) is 11.9. The molecule has 2 rings (SSSR count). The van der Waals surface area contributed by atoms with E-state index in [2.05, 4.69) is 10.6 Å². The van der Waals surface area contributed by atoms with Gasteiger partial charge in [0.2, 0.25) is 0 Å². The van der Waals surface area contributed by atoms with Crippen LogP contribution in [0.1, 0.15) is 11.0 Å². The van der Waals surface area contributed by atoms with Gasteiger partial charge < -0.3 is 20.2 Å². The number of nitrogens with one attached hydrogen (secondary N) is 2. The molecule has 0 radical (unpaired) electrons. The second kappa shape index (κ2) is 8.45. The zero-order chi connectivity index (χ0) is 18.3. The van der Waals surface area contributed by atoms with Gasteiger partial charge in [-0.15, -0.1) is 0 Å². The number of hydrogen-bond acceptors (Lipinski definition) is 6. The van der Waals surface area contributed by atoms with Crippen LogP contribution in [-0.4, -0.2) is 45.0 Å². The Morgan fingerprint density at radius 1 is 1.04 bits per heavy atom.